The summed E-state index contributed by atoms with van der Waals surface area (Å²) in [6.45, 7) is 2.54. The standard InChI is InChI=1S/C13H21NO4S/c1-3-4-11-19(15,16)14-9-10-18-13-7-5-12(17-2)6-8-13/h5-8,14H,3-4,9-11H2,1-2H3. The minimum absolute atomic E-state index is 0.173. The number of unbranched alkanes of at least 4 members (excludes halogenated alkanes) is 1. The van der Waals surface area contributed by atoms with E-state index in [2.05, 4.69) is 4.72 Å². The average molecular weight is 287 g/mol. The van der Waals surface area contributed by atoms with Gasteiger partial charge in [0.05, 0.1) is 12.9 Å². The summed E-state index contributed by atoms with van der Waals surface area (Å²) in [5.74, 6) is 1.62. The molecule has 6 heteroatoms. The summed E-state index contributed by atoms with van der Waals surface area (Å²) in [4.78, 5) is 0. The van der Waals surface area contributed by atoms with Gasteiger partial charge in [0.2, 0.25) is 10.0 Å². The number of hydrogen-bond donors (Lipinski definition) is 1. The summed E-state index contributed by atoms with van der Waals surface area (Å²) in [6.07, 6.45) is 1.54. The molecule has 108 valence electrons. The van der Waals surface area contributed by atoms with Crippen LogP contribution in [0.5, 0.6) is 11.5 Å². The Morgan fingerprint density at radius 3 is 2.37 bits per heavy atom. The molecule has 0 fully saturated rings. The quantitative estimate of drug-likeness (QED) is 0.703. The molecule has 0 aromatic heterocycles. The van der Waals surface area contributed by atoms with E-state index in [-0.39, 0.29) is 12.3 Å². The lowest BCUT2D eigenvalue weighted by molar-refractivity contribution is 0.322. The van der Waals surface area contributed by atoms with Gasteiger partial charge in [-0.05, 0) is 30.7 Å². The highest BCUT2D eigenvalue weighted by molar-refractivity contribution is 7.89. The van der Waals surface area contributed by atoms with Gasteiger partial charge in [-0.2, -0.15) is 0 Å². The Morgan fingerprint density at radius 2 is 1.79 bits per heavy atom. The Balaban J connectivity index is 2.26. The number of hydrogen-bond acceptors (Lipinski definition) is 4. The summed E-state index contributed by atoms with van der Waals surface area (Å²) in [6, 6.07) is 7.15. The SMILES string of the molecule is CCCCS(=O)(=O)NCCOc1ccc(OC)cc1. The second-order valence-electron chi connectivity index (χ2n) is 4.09. The first-order chi connectivity index (χ1) is 9.07. The lowest BCUT2D eigenvalue weighted by Crippen LogP contribution is -2.30. The molecule has 1 rings (SSSR count). The van der Waals surface area contributed by atoms with E-state index in [0.29, 0.717) is 18.8 Å². The van der Waals surface area contributed by atoms with E-state index in [9.17, 15) is 8.42 Å². The number of nitrogens with one attached hydrogen (secondary N) is 1. The molecular weight excluding hydrogens is 266 g/mol. The fourth-order valence-corrected chi connectivity index (χ4v) is 2.65. The van der Waals surface area contributed by atoms with Crippen LogP contribution in [-0.2, 0) is 10.0 Å². The lowest BCUT2D eigenvalue weighted by atomic mass is 10.3. The van der Waals surface area contributed by atoms with Gasteiger partial charge in [0, 0.05) is 6.54 Å². The van der Waals surface area contributed by atoms with Gasteiger partial charge >= 0.3 is 0 Å². The van der Waals surface area contributed by atoms with E-state index in [4.69, 9.17) is 9.47 Å². The minimum Gasteiger partial charge on any atom is -0.497 e. The van der Waals surface area contributed by atoms with Crippen LogP contribution in [0.4, 0.5) is 0 Å². The predicted octanol–water partition coefficient (Wildman–Crippen LogP) is 1.79. The van der Waals surface area contributed by atoms with Gasteiger partial charge < -0.3 is 9.47 Å². The normalized spacial score (nSPS) is 11.3. The van der Waals surface area contributed by atoms with Gasteiger partial charge in [-0.3, -0.25) is 0 Å². The Kier molecular flexibility index (Phi) is 6.66. The maximum absolute atomic E-state index is 11.5. The van der Waals surface area contributed by atoms with E-state index >= 15 is 0 Å². The van der Waals surface area contributed by atoms with Gasteiger partial charge in [0.25, 0.3) is 0 Å². The second kappa shape index (κ2) is 8.01. The van der Waals surface area contributed by atoms with Crippen LogP contribution < -0.4 is 14.2 Å². The molecule has 1 N–H and O–H groups in total. The van der Waals surface area contributed by atoms with Crippen molar-refractivity contribution in [2.24, 2.45) is 0 Å². The summed E-state index contributed by atoms with van der Waals surface area (Å²) in [7, 11) is -1.56. The molecular formula is C13H21NO4S. The van der Waals surface area contributed by atoms with E-state index < -0.39 is 10.0 Å². The first-order valence-electron chi connectivity index (χ1n) is 6.31. The highest BCUT2D eigenvalue weighted by Crippen LogP contribution is 2.16. The number of sulfonamides is 1. The van der Waals surface area contributed by atoms with E-state index in [1.165, 1.54) is 0 Å². The Hall–Kier alpha value is -1.27. The lowest BCUT2D eigenvalue weighted by Gasteiger charge is -2.08. The zero-order valence-electron chi connectivity index (χ0n) is 11.4. The molecule has 0 aliphatic carbocycles. The number of benzene rings is 1. The number of ether oxygens (including phenoxy) is 2. The van der Waals surface area contributed by atoms with Crippen molar-refractivity contribution >= 4 is 10.0 Å². The third-order valence-electron chi connectivity index (χ3n) is 2.52. The monoisotopic (exact) mass is 287 g/mol. The minimum atomic E-state index is -3.16. The summed E-state index contributed by atoms with van der Waals surface area (Å²) >= 11 is 0. The molecule has 0 amide bonds. The van der Waals surface area contributed by atoms with Crippen LogP contribution in [0, 0.1) is 0 Å². The molecule has 0 spiro atoms. The molecule has 0 bridgehead atoms. The molecule has 0 saturated heterocycles. The molecule has 19 heavy (non-hydrogen) atoms. The third-order valence-corrected chi connectivity index (χ3v) is 3.99. The summed E-state index contributed by atoms with van der Waals surface area (Å²) in [5, 5.41) is 0. The van der Waals surface area contributed by atoms with Crippen LogP contribution >= 0.6 is 0 Å². The molecule has 1 aromatic rings. The first kappa shape index (κ1) is 15.8. The first-order valence-corrected chi connectivity index (χ1v) is 7.97. The average Bonchev–Trinajstić information content (AvgIpc) is 2.42. The molecule has 0 aliphatic heterocycles. The van der Waals surface area contributed by atoms with Crippen LogP contribution in [0.1, 0.15) is 19.8 Å². The highest BCUT2D eigenvalue weighted by atomic mass is 32.2. The van der Waals surface area contributed by atoms with Crippen molar-refractivity contribution < 1.29 is 17.9 Å². The molecule has 1 aromatic carbocycles. The summed E-state index contributed by atoms with van der Waals surface area (Å²) in [5.41, 5.74) is 0. The van der Waals surface area contributed by atoms with Crippen molar-refractivity contribution in [2.45, 2.75) is 19.8 Å². The van der Waals surface area contributed by atoms with Crippen molar-refractivity contribution in [1.82, 2.24) is 4.72 Å². The fourth-order valence-electron chi connectivity index (χ4n) is 1.44. The molecule has 0 radical (unpaired) electrons. The number of methoxy groups -OCH3 is 1. The van der Waals surface area contributed by atoms with Crippen molar-refractivity contribution in [2.75, 3.05) is 26.0 Å². The van der Waals surface area contributed by atoms with Crippen molar-refractivity contribution in [1.29, 1.82) is 0 Å². The van der Waals surface area contributed by atoms with Crippen LogP contribution in [0.25, 0.3) is 0 Å². The molecule has 5 nitrogen and oxygen atoms in total. The van der Waals surface area contributed by atoms with Crippen molar-refractivity contribution in [3.8, 4) is 11.5 Å². The van der Waals surface area contributed by atoms with Crippen LogP contribution in [-0.4, -0.2) is 34.4 Å². The van der Waals surface area contributed by atoms with Gasteiger partial charge in [-0.1, -0.05) is 13.3 Å². The Morgan fingerprint density at radius 1 is 1.16 bits per heavy atom. The van der Waals surface area contributed by atoms with E-state index in [1.807, 2.05) is 6.92 Å². The molecule has 0 aliphatic rings. The van der Waals surface area contributed by atoms with Gasteiger partial charge in [-0.15, -0.1) is 0 Å². The van der Waals surface area contributed by atoms with Crippen LogP contribution in [0.15, 0.2) is 24.3 Å². The Bertz CT molecular complexity index is 456. The van der Waals surface area contributed by atoms with Gasteiger partial charge in [-0.25, -0.2) is 13.1 Å². The molecule has 0 heterocycles. The number of rotatable bonds is 9. The van der Waals surface area contributed by atoms with Gasteiger partial charge in [0.15, 0.2) is 0 Å². The van der Waals surface area contributed by atoms with Crippen LogP contribution in [0.3, 0.4) is 0 Å². The molecule has 0 unspecified atom stereocenters. The smallest absolute Gasteiger partial charge is 0.211 e. The second-order valence-corrected chi connectivity index (χ2v) is 6.02. The van der Waals surface area contributed by atoms with E-state index in [1.54, 1.807) is 31.4 Å². The molecule has 0 saturated carbocycles. The Labute approximate surface area is 115 Å². The van der Waals surface area contributed by atoms with Crippen molar-refractivity contribution in [3.63, 3.8) is 0 Å². The van der Waals surface area contributed by atoms with Crippen molar-refractivity contribution in [3.05, 3.63) is 24.3 Å². The van der Waals surface area contributed by atoms with Gasteiger partial charge in [0.1, 0.15) is 18.1 Å². The topological polar surface area (TPSA) is 64.6 Å². The molecule has 0 atom stereocenters. The highest BCUT2D eigenvalue weighted by Gasteiger charge is 2.07. The fraction of sp³-hybridized carbons (Fsp3) is 0.538. The largest absolute Gasteiger partial charge is 0.497 e. The summed E-state index contributed by atoms with van der Waals surface area (Å²) < 4.78 is 36.0. The third kappa shape index (κ3) is 6.45. The maximum atomic E-state index is 11.5. The van der Waals surface area contributed by atoms with E-state index in [0.717, 1.165) is 12.2 Å². The zero-order valence-corrected chi connectivity index (χ0v) is 12.2. The maximum Gasteiger partial charge on any atom is 0.211 e. The van der Waals surface area contributed by atoms with Crippen LogP contribution in [0.2, 0.25) is 0 Å². The predicted molar refractivity (Wildman–Crippen MR) is 75.2 cm³/mol. The zero-order chi connectivity index (χ0) is 14.1.